The molecule has 2 aromatic heterocycles. The molecule has 2 heterocycles. The quantitative estimate of drug-likeness (QED) is 0.347. The van der Waals surface area contributed by atoms with E-state index < -0.39 is 5.82 Å². The molecular weight excluding hydrogens is 444 g/mol. The van der Waals surface area contributed by atoms with E-state index in [1.54, 1.807) is 47.2 Å². The second-order valence-corrected chi connectivity index (χ2v) is 8.46. The number of rotatable bonds is 7. The van der Waals surface area contributed by atoms with Crippen LogP contribution in [0.1, 0.15) is 31.9 Å². The van der Waals surface area contributed by atoms with E-state index in [2.05, 4.69) is 14.7 Å². The molecule has 3 N–H and O–H groups in total. The van der Waals surface area contributed by atoms with E-state index in [1.165, 1.54) is 24.1 Å². The molecule has 0 amide bonds. The topological polar surface area (TPSA) is 85.8 Å². The zero-order valence-corrected chi connectivity index (χ0v) is 19.0. The first-order valence-electron chi connectivity index (χ1n) is 10.5. The summed E-state index contributed by atoms with van der Waals surface area (Å²) in [6.07, 6.45) is 2.27. The second kappa shape index (κ2) is 9.58. The molecule has 6 nitrogen and oxygen atoms in total. The maximum atomic E-state index is 14.9. The van der Waals surface area contributed by atoms with Gasteiger partial charge in [0.25, 0.3) is 5.56 Å². The Labute approximate surface area is 194 Å². The summed E-state index contributed by atoms with van der Waals surface area (Å²) in [5.41, 5.74) is 7.48. The molecule has 2 aromatic carbocycles. The first kappa shape index (κ1) is 22.7. The number of benzene rings is 2. The Morgan fingerprint density at radius 3 is 2.67 bits per heavy atom. The van der Waals surface area contributed by atoms with Crippen LogP contribution in [0.4, 0.5) is 20.4 Å². The highest BCUT2D eigenvalue weighted by Crippen LogP contribution is 2.28. The van der Waals surface area contributed by atoms with Gasteiger partial charge in [0.2, 0.25) is 5.95 Å². The van der Waals surface area contributed by atoms with Gasteiger partial charge in [-0.25, -0.2) is 13.8 Å². The lowest BCUT2D eigenvalue weighted by Gasteiger charge is -2.17. The van der Waals surface area contributed by atoms with Crippen LogP contribution in [-0.2, 0) is 5.75 Å². The Morgan fingerprint density at radius 2 is 1.94 bits per heavy atom. The molecule has 0 spiro atoms. The van der Waals surface area contributed by atoms with Crippen molar-refractivity contribution in [3.05, 3.63) is 82.3 Å². The number of hydrogen-bond acceptors (Lipinski definition) is 6. The highest BCUT2D eigenvalue weighted by molar-refractivity contribution is 7.99. The van der Waals surface area contributed by atoms with Crippen molar-refractivity contribution in [2.24, 2.45) is 0 Å². The number of aromatic nitrogens is 3. The van der Waals surface area contributed by atoms with Gasteiger partial charge in [-0.2, -0.15) is 4.98 Å². The van der Waals surface area contributed by atoms with E-state index in [9.17, 15) is 13.6 Å². The van der Waals surface area contributed by atoms with Gasteiger partial charge in [-0.1, -0.05) is 31.2 Å². The van der Waals surface area contributed by atoms with Crippen molar-refractivity contribution in [3.8, 4) is 11.1 Å². The van der Waals surface area contributed by atoms with E-state index in [0.29, 0.717) is 39.9 Å². The lowest BCUT2D eigenvalue weighted by atomic mass is 10.0. The van der Waals surface area contributed by atoms with Gasteiger partial charge in [0.1, 0.15) is 17.3 Å². The fourth-order valence-corrected chi connectivity index (χ4v) is 4.29. The number of nitrogens with one attached hydrogen (secondary N) is 1. The summed E-state index contributed by atoms with van der Waals surface area (Å²) in [5, 5.41) is 0.641. The third-order valence-corrected chi connectivity index (χ3v) is 6.29. The number of nitrogen functional groups attached to an aromatic ring is 1. The number of nitrogens with zero attached hydrogens (tertiary/aromatic N) is 3. The standard InChI is InChI=1S/C24H23F2N5OS/c1-3-14(2)31-22-17(12-28-24(27)29-22)10-18(23(31)32)15-8-9-21(20(26)11-15)30-33-13-16-6-4-5-7-19(16)25/h4-12,14,30H,3,13H2,1-2H3,(H2,27,28,29). The third-order valence-electron chi connectivity index (χ3n) is 5.47. The summed E-state index contributed by atoms with van der Waals surface area (Å²) in [6, 6.07) is 12.5. The molecule has 33 heavy (non-hydrogen) atoms. The van der Waals surface area contributed by atoms with Gasteiger partial charge in [0.15, 0.2) is 0 Å². The number of hydrogen-bond donors (Lipinski definition) is 2. The van der Waals surface area contributed by atoms with Gasteiger partial charge in [0, 0.05) is 28.9 Å². The van der Waals surface area contributed by atoms with Gasteiger partial charge in [-0.05, 0) is 60.7 Å². The predicted molar refractivity (Wildman–Crippen MR) is 130 cm³/mol. The monoisotopic (exact) mass is 467 g/mol. The average Bonchev–Trinajstić information content (AvgIpc) is 2.80. The number of anilines is 2. The van der Waals surface area contributed by atoms with Gasteiger partial charge < -0.3 is 10.5 Å². The lowest BCUT2D eigenvalue weighted by molar-refractivity contribution is 0.528. The summed E-state index contributed by atoms with van der Waals surface area (Å²) in [4.78, 5) is 21.6. The molecule has 9 heteroatoms. The van der Waals surface area contributed by atoms with Gasteiger partial charge in [0.05, 0.1) is 5.69 Å². The molecule has 0 aliphatic carbocycles. The SMILES string of the molecule is CCC(C)n1c(=O)c(-c2ccc(NSCc3ccccc3F)c(F)c2)cc2cnc(N)nc21. The highest BCUT2D eigenvalue weighted by Gasteiger charge is 2.17. The Kier molecular flexibility index (Phi) is 6.60. The van der Waals surface area contributed by atoms with E-state index in [1.807, 2.05) is 13.8 Å². The zero-order valence-electron chi connectivity index (χ0n) is 18.2. The second-order valence-electron chi connectivity index (χ2n) is 7.67. The molecule has 1 unspecified atom stereocenters. The molecule has 1 atom stereocenters. The van der Waals surface area contributed by atoms with Gasteiger partial charge >= 0.3 is 0 Å². The Balaban J connectivity index is 1.65. The van der Waals surface area contributed by atoms with Crippen LogP contribution in [0.3, 0.4) is 0 Å². The fourth-order valence-electron chi connectivity index (χ4n) is 3.50. The summed E-state index contributed by atoms with van der Waals surface area (Å²) >= 11 is 1.18. The molecule has 0 aliphatic heterocycles. The lowest BCUT2D eigenvalue weighted by Crippen LogP contribution is -2.26. The van der Waals surface area contributed by atoms with Crippen LogP contribution >= 0.6 is 11.9 Å². The van der Waals surface area contributed by atoms with Crippen molar-refractivity contribution >= 4 is 34.6 Å². The molecule has 0 radical (unpaired) electrons. The Bertz CT molecular complexity index is 1380. The van der Waals surface area contributed by atoms with Crippen molar-refractivity contribution in [3.63, 3.8) is 0 Å². The largest absolute Gasteiger partial charge is 0.368 e. The van der Waals surface area contributed by atoms with Gasteiger partial charge in [-0.15, -0.1) is 0 Å². The van der Waals surface area contributed by atoms with Crippen LogP contribution in [-0.4, -0.2) is 14.5 Å². The van der Waals surface area contributed by atoms with Crippen molar-refractivity contribution in [1.29, 1.82) is 0 Å². The van der Waals surface area contributed by atoms with Crippen molar-refractivity contribution in [2.45, 2.75) is 32.1 Å². The number of fused-ring (bicyclic) bond motifs is 1. The first-order chi connectivity index (χ1) is 15.9. The minimum atomic E-state index is -0.517. The maximum absolute atomic E-state index is 14.9. The van der Waals surface area contributed by atoms with Crippen LogP contribution in [0.2, 0.25) is 0 Å². The van der Waals surface area contributed by atoms with E-state index in [0.717, 1.165) is 0 Å². The molecule has 0 aliphatic rings. The smallest absolute Gasteiger partial charge is 0.260 e. The maximum Gasteiger partial charge on any atom is 0.260 e. The third kappa shape index (κ3) is 4.68. The normalized spacial score (nSPS) is 12.1. The molecule has 170 valence electrons. The molecule has 4 rings (SSSR count). The van der Waals surface area contributed by atoms with Crippen LogP contribution in [0.25, 0.3) is 22.2 Å². The van der Waals surface area contributed by atoms with E-state index in [4.69, 9.17) is 5.73 Å². The first-order valence-corrected chi connectivity index (χ1v) is 11.5. The molecule has 0 saturated heterocycles. The molecule has 4 aromatic rings. The number of pyridine rings is 1. The number of halogens is 2. The summed E-state index contributed by atoms with van der Waals surface area (Å²) in [6.45, 7) is 3.89. The average molecular weight is 468 g/mol. The van der Waals surface area contributed by atoms with Crippen LogP contribution < -0.4 is 16.0 Å². The summed E-state index contributed by atoms with van der Waals surface area (Å²) in [7, 11) is 0. The molecule has 0 fully saturated rings. The fraction of sp³-hybridized carbons (Fsp3) is 0.208. The van der Waals surface area contributed by atoms with E-state index in [-0.39, 0.29) is 29.1 Å². The molecule has 0 saturated carbocycles. The van der Waals surface area contributed by atoms with Gasteiger partial charge in [-0.3, -0.25) is 9.36 Å². The zero-order chi connectivity index (χ0) is 23.5. The Hall–Kier alpha value is -3.46. The molecular formula is C24H23F2N5OS. The minimum Gasteiger partial charge on any atom is -0.368 e. The van der Waals surface area contributed by atoms with E-state index >= 15 is 0 Å². The van der Waals surface area contributed by atoms with Crippen LogP contribution in [0.5, 0.6) is 0 Å². The highest BCUT2D eigenvalue weighted by atomic mass is 32.2. The van der Waals surface area contributed by atoms with Crippen molar-refractivity contribution in [1.82, 2.24) is 14.5 Å². The van der Waals surface area contributed by atoms with Crippen molar-refractivity contribution in [2.75, 3.05) is 10.5 Å². The van der Waals surface area contributed by atoms with Crippen LogP contribution in [0.15, 0.2) is 59.5 Å². The van der Waals surface area contributed by atoms with Crippen molar-refractivity contribution < 1.29 is 8.78 Å². The van der Waals surface area contributed by atoms with Crippen LogP contribution in [0, 0.1) is 11.6 Å². The number of nitrogens with two attached hydrogens (primary N) is 1. The predicted octanol–water partition coefficient (Wildman–Crippen LogP) is 5.55. The summed E-state index contributed by atoms with van der Waals surface area (Å²) < 4.78 is 33.1. The Morgan fingerprint density at radius 1 is 1.15 bits per heavy atom. The summed E-state index contributed by atoms with van der Waals surface area (Å²) in [5.74, 6) is -0.402. The molecule has 0 bridgehead atoms. The minimum absolute atomic E-state index is 0.0843.